The molecule has 1 aromatic carbocycles. The second kappa shape index (κ2) is 10.4. The lowest BCUT2D eigenvalue weighted by Crippen LogP contribution is -2.54. The average molecular weight is 506 g/mol. The lowest BCUT2D eigenvalue weighted by atomic mass is 9.96. The van der Waals surface area contributed by atoms with Crippen LogP contribution in [0.15, 0.2) is 52.9 Å². The summed E-state index contributed by atoms with van der Waals surface area (Å²) in [4.78, 5) is 25.1. The summed E-state index contributed by atoms with van der Waals surface area (Å²) in [6.45, 7) is 12.0. The van der Waals surface area contributed by atoms with Crippen LogP contribution >= 0.6 is 0 Å². The molecule has 1 aliphatic carbocycles. The first-order valence-electron chi connectivity index (χ1n) is 14.1. The number of nitrogens with one attached hydrogen (secondary N) is 1. The zero-order chi connectivity index (χ0) is 25.5. The van der Waals surface area contributed by atoms with E-state index in [0.717, 1.165) is 50.5 Å². The number of hydrogen-bond donors (Lipinski definition) is 1. The molecule has 4 atom stereocenters. The van der Waals surface area contributed by atoms with Crippen molar-refractivity contribution in [2.24, 2.45) is 4.99 Å². The molecule has 3 fully saturated rings. The zero-order valence-corrected chi connectivity index (χ0v) is 22.4. The van der Waals surface area contributed by atoms with E-state index in [1.165, 1.54) is 42.4 Å². The normalized spacial score (nSPS) is 30.8. The van der Waals surface area contributed by atoms with Crippen molar-refractivity contribution in [2.75, 3.05) is 46.4 Å². The molecule has 1 N–H and O–H groups in total. The summed E-state index contributed by atoms with van der Waals surface area (Å²) in [7, 11) is 2.17. The van der Waals surface area contributed by atoms with E-state index in [1.807, 2.05) is 12.1 Å². The number of rotatable bonds is 6. The van der Waals surface area contributed by atoms with Crippen molar-refractivity contribution in [1.82, 2.24) is 20.0 Å². The van der Waals surface area contributed by atoms with Gasteiger partial charge in [0.2, 0.25) is 5.88 Å². The van der Waals surface area contributed by atoms with Gasteiger partial charge in [-0.2, -0.15) is 4.99 Å². The van der Waals surface area contributed by atoms with Gasteiger partial charge in [0, 0.05) is 63.8 Å². The van der Waals surface area contributed by atoms with Crippen LogP contribution in [-0.2, 0) is 4.74 Å². The topological polar surface area (TPSA) is 60.4 Å². The highest BCUT2D eigenvalue weighted by atomic mass is 16.5. The maximum absolute atomic E-state index is 12.6. The number of fused-ring (bicyclic) bond motifs is 3. The standard InChI is InChI=1S/C30H41N5O2.H2/c1-20-16-34(28-15-29(36)27-9-5-4-8-26(27)28)14-12-25(20)30(35-17-22-10-11-23(18-35)32-22)31-21(2)37-19-24-7-6-13-33(24)3;/h4-5,8-9,22-24,28,32H,2,6-7,10-19H2,1,3H3;1H/b31-30+;/t22?,23?,24-,28?;/m0./s1. The van der Waals surface area contributed by atoms with E-state index >= 15 is 0 Å². The minimum absolute atomic E-state index is 0. The van der Waals surface area contributed by atoms with Crippen molar-refractivity contribution in [3.05, 3.63) is 59.0 Å². The van der Waals surface area contributed by atoms with Crippen LogP contribution in [0.25, 0.3) is 0 Å². The highest BCUT2D eigenvalue weighted by molar-refractivity contribution is 6.01. The fraction of sp³-hybridized carbons (Fsp3) is 0.600. The number of carbonyl (C=O) groups is 1. The molecule has 3 unspecified atom stereocenters. The molecule has 7 heteroatoms. The van der Waals surface area contributed by atoms with Crippen molar-refractivity contribution in [3.8, 4) is 0 Å². The molecule has 0 spiro atoms. The quantitative estimate of drug-likeness (QED) is 0.358. The highest BCUT2D eigenvalue weighted by Crippen LogP contribution is 2.38. The molecule has 0 aromatic heterocycles. The first-order valence-corrected chi connectivity index (χ1v) is 14.1. The molecule has 1 aromatic rings. The molecule has 2 bridgehead atoms. The third-order valence-corrected chi connectivity index (χ3v) is 9.17. The van der Waals surface area contributed by atoms with E-state index in [9.17, 15) is 4.79 Å². The fourth-order valence-electron chi connectivity index (χ4n) is 7.11. The molecule has 5 aliphatic rings. The predicted molar refractivity (Wildman–Crippen MR) is 149 cm³/mol. The van der Waals surface area contributed by atoms with E-state index in [-0.39, 0.29) is 13.3 Å². The van der Waals surface area contributed by atoms with Crippen LogP contribution in [0.3, 0.4) is 0 Å². The predicted octanol–water partition coefficient (Wildman–Crippen LogP) is 4.00. The number of Topliss-reactive ketones (excluding diaryl/α,β-unsaturated/α-hetero) is 1. The van der Waals surface area contributed by atoms with Crippen molar-refractivity contribution in [2.45, 2.75) is 69.6 Å². The molecule has 0 radical (unpaired) electrons. The summed E-state index contributed by atoms with van der Waals surface area (Å²) in [6.07, 6.45) is 6.39. The number of amidine groups is 1. The minimum atomic E-state index is 0. The molecule has 200 valence electrons. The van der Waals surface area contributed by atoms with Gasteiger partial charge in [-0.3, -0.25) is 9.69 Å². The zero-order valence-electron chi connectivity index (χ0n) is 22.4. The van der Waals surface area contributed by atoms with Crippen LogP contribution < -0.4 is 5.32 Å². The summed E-state index contributed by atoms with van der Waals surface area (Å²) >= 11 is 0. The second-order valence-electron chi connectivity index (χ2n) is 11.7. The number of ketones is 1. The van der Waals surface area contributed by atoms with E-state index in [0.29, 0.717) is 37.0 Å². The van der Waals surface area contributed by atoms with Gasteiger partial charge in [0.15, 0.2) is 5.78 Å². The number of carbonyl (C=O) groups excluding carboxylic acids is 1. The number of aliphatic imine (C=N–C) groups is 1. The van der Waals surface area contributed by atoms with Gasteiger partial charge in [-0.15, -0.1) is 0 Å². The summed E-state index contributed by atoms with van der Waals surface area (Å²) in [5, 5.41) is 3.76. The van der Waals surface area contributed by atoms with Crippen LogP contribution in [0.5, 0.6) is 0 Å². The Labute approximate surface area is 222 Å². The SMILES string of the molecule is C=C(/N=C(\C1=C(C)CN(C2CC(=O)c3ccccc32)CC1)N1CC2CCC(C1)N2)OC[C@@H]1CCCN1C.[HH]. The third kappa shape index (κ3) is 5.01. The molecule has 7 nitrogen and oxygen atoms in total. The third-order valence-electron chi connectivity index (χ3n) is 9.17. The molecule has 6 rings (SSSR count). The fourth-order valence-corrected chi connectivity index (χ4v) is 7.11. The Balaban J connectivity index is 0.00000294. The van der Waals surface area contributed by atoms with E-state index in [4.69, 9.17) is 9.73 Å². The minimum Gasteiger partial charge on any atom is -0.476 e. The van der Waals surface area contributed by atoms with Gasteiger partial charge in [0.05, 0.1) is 0 Å². The van der Waals surface area contributed by atoms with Gasteiger partial charge >= 0.3 is 0 Å². The monoisotopic (exact) mass is 505 g/mol. The maximum Gasteiger partial charge on any atom is 0.207 e. The number of likely N-dealkylation sites (tertiary alicyclic amines) is 2. The maximum atomic E-state index is 12.6. The van der Waals surface area contributed by atoms with Crippen LogP contribution in [0.4, 0.5) is 0 Å². The molecule has 37 heavy (non-hydrogen) atoms. The summed E-state index contributed by atoms with van der Waals surface area (Å²) in [5.74, 6) is 1.86. The van der Waals surface area contributed by atoms with Crippen LogP contribution in [0.2, 0.25) is 0 Å². The first-order chi connectivity index (χ1) is 18.0. The number of hydrogen-bond acceptors (Lipinski definition) is 6. The molecule has 4 aliphatic heterocycles. The number of likely N-dealkylation sites (N-methyl/N-ethyl adjacent to an activating group) is 1. The Morgan fingerprint density at radius 1 is 1.19 bits per heavy atom. The van der Waals surface area contributed by atoms with Gasteiger partial charge < -0.3 is 19.9 Å². The molecule has 0 amide bonds. The molecule has 4 heterocycles. The highest BCUT2D eigenvalue weighted by Gasteiger charge is 2.38. The number of ether oxygens (including phenoxy) is 1. The molecular weight excluding hydrogens is 462 g/mol. The Bertz CT molecular complexity index is 1120. The van der Waals surface area contributed by atoms with Crippen molar-refractivity contribution in [3.63, 3.8) is 0 Å². The van der Waals surface area contributed by atoms with Crippen LogP contribution in [-0.4, -0.2) is 90.8 Å². The summed E-state index contributed by atoms with van der Waals surface area (Å²) in [5.41, 5.74) is 4.77. The van der Waals surface area contributed by atoms with Crippen LogP contribution in [0, 0.1) is 0 Å². The van der Waals surface area contributed by atoms with Crippen molar-refractivity contribution < 1.29 is 11.0 Å². The lowest BCUT2D eigenvalue weighted by molar-refractivity contribution is 0.0955. The summed E-state index contributed by atoms with van der Waals surface area (Å²) in [6, 6.07) is 9.84. The number of piperazine rings is 1. The first kappa shape index (κ1) is 24.8. The largest absolute Gasteiger partial charge is 0.476 e. The number of nitrogens with zero attached hydrogens (tertiary/aromatic N) is 4. The van der Waals surface area contributed by atoms with Crippen molar-refractivity contribution in [1.29, 1.82) is 0 Å². The number of benzene rings is 1. The lowest BCUT2D eigenvalue weighted by Gasteiger charge is -2.39. The Hall–Kier alpha value is -2.48. The van der Waals surface area contributed by atoms with Gasteiger partial charge in [0.1, 0.15) is 12.4 Å². The smallest absolute Gasteiger partial charge is 0.207 e. The van der Waals surface area contributed by atoms with E-state index in [2.05, 4.69) is 52.7 Å². The van der Waals surface area contributed by atoms with Crippen molar-refractivity contribution >= 4 is 11.6 Å². The molecule has 3 saturated heterocycles. The van der Waals surface area contributed by atoms with Gasteiger partial charge in [-0.25, -0.2) is 0 Å². The van der Waals surface area contributed by atoms with E-state index < -0.39 is 0 Å². The molecular formula is C30H43N5O2. The van der Waals surface area contributed by atoms with Crippen LogP contribution in [0.1, 0.15) is 68.8 Å². The summed E-state index contributed by atoms with van der Waals surface area (Å²) < 4.78 is 6.13. The van der Waals surface area contributed by atoms with Gasteiger partial charge in [-0.1, -0.05) is 29.8 Å². The second-order valence-corrected chi connectivity index (χ2v) is 11.7. The Morgan fingerprint density at radius 3 is 2.70 bits per heavy atom. The average Bonchev–Trinajstić information content (AvgIpc) is 3.57. The molecule has 0 saturated carbocycles. The van der Waals surface area contributed by atoms with Gasteiger partial charge in [0.25, 0.3) is 0 Å². The Kier molecular flexibility index (Phi) is 6.95. The van der Waals surface area contributed by atoms with E-state index in [1.54, 1.807) is 0 Å². The Morgan fingerprint density at radius 2 is 1.97 bits per heavy atom. The van der Waals surface area contributed by atoms with Gasteiger partial charge in [-0.05, 0) is 70.3 Å².